The number of hydrogen-bond donors (Lipinski definition) is 1. The van der Waals surface area contributed by atoms with Crippen molar-refractivity contribution in [3.05, 3.63) is 48.9 Å². The highest BCUT2D eigenvalue weighted by atomic mass is 16.3. The lowest BCUT2D eigenvalue weighted by atomic mass is 9.96. The first-order valence-electron chi connectivity index (χ1n) is 3.91. The van der Waals surface area contributed by atoms with Crippen LogP contribution in [0.15, 0.2) is 30.9 Å². The summed E-state index contributed by atoms with van der Waals surface area (Å²) < 4.78 is 0. The third kappa shape index (κ3) is 1.50. The monoisotopic (exact) mass is 161 g/mol. The van der Waals surface area contributed by atoms with Crippen molar-refractivity contribution >= 4 is 0 Å². The lowest BCUT2D eigenvalue weighted by Gasteiger charge is -2.10. The van der Waals surface area contributed by atoms with E-state index in [0.717, 1.165) is 11.1 Å². The standard InChI is InChI=1S/C11H13O/c1-4-8(2)10-6-5-7-11(12)9(10)3/h4-8,12H,1-2H2,3H3. The summed E-state index contributed by atoms with van der Waals surface area (Å²) in [5.41, 5.74) is 1.92. The van der Waals surface area contributed by atoms with Gasteiger partial charge < -0.3 is 5.11 Å². The number of aromatic hydroxyl groups is 1. The minimum atomic E-state index is 0.0529. The zero-order valence-corrected chi connectivity index (χ0v) is 7.25. The number of hydrogen-bond acceptors (Lipinski definition) is 1. The van der Waals surface area contributed by atoms with Gasteiger partial charge in [-0.2, -0.15) is 0 Å². The summed E-state index contributed by atoms with van der Waals surface area (Å²) in [4.78, 5) is 0. The van der Waals surface area contributed by atoms with Crippen molar-refractivity contribution in [2.24, 2.45) is 0 Å². The Bertz CT molecular complexity index is 289. The van der Waals surface area contributed by atoms with Crippen molar-refractivity contribution in [2.75, 3.05) is 0 Å². The number of allylic oxidation sites excluding steroid dienone is 1. The van der Waals surface area contributed by atoms with Gasteiger partial charge in [-0.05, 0) is 31.0 Å². The summed E-state index contributed by atoms with van der Waals surface area (Å²) in [6.07, 6.45) is 1.77. The van der Waals surface area contributed by atoms with Crippen molar-refractivity contribution < 1.29 is 5.11 Å². The smallest absolute Gasteiger partial charge is 0.118 e. The van der Waals surface area contributed by atoms with Crippen LogP contribution in [-0.4, -0.2) is 5.11 Å². The first-order valence-corrected chi connectivity index (χ1v) is 3.91. The largest absolute Gasteiger partial charge is 0.508 e. The highest BCUT2D eigenvalue weighted by Crippen LogP contribution is 2.26. The van der Waals surface area contributed by atoms with E-state index in [1.807, 2.05) is 19.1 Å². The fourth-order valence-corrected chi connectivity index (χ4v) is 1.17. The van der Waals surface area contributed by atoms with Gasteiger partial charge in [0, 0.05) is 5.92 Å². The molecule has 1 unspecified atom stereocenters. The lowest BCUT2D eigenvalue weighted by molar-refractivity contribution is 0.470. The van der Waals surface area contributed by atoms with E-state index in [1.54, 1.807) is 12.1 Å². The van der Waals surface area contributed by atoms with Gasteiger partial charge in [-0.25, -0.2) is 0 Å². The maximum atomic E-state index is 9.38. The van der Waals surface area contributed by atoms with Crippen LogP contribution in [0.4, 0.5) is 0 Å². The molecule has 0 aliphatic rings. The van der Waals surface area contributed by atoms with Crippen LogP contribution >= 0.6 is 0 Å². The van der Waals surface area contributed by atoms with Gasteiger partial charge in [0.15, 0.2) is 0 Å². The summed E-state index contributed by atoms with van der Waals surface area (Å²) >= 11 is 0. The van der Waals surface area contributed by atoms with E-state index in [2.05, 4.69) is 13.5 Å². The summed E-state index contributed by atoms with van der Waals surface area (Å²) in [6.45, 7) is 9.44. The predicted octanol–water partition coefficient (Wildman–Crippen LogP) is 2.80. The van der Waals surface area contributed by atoms with Crippen LogP contribution in [0.3, 0.4) is 0 Å². The van der Waals surface area contributed by atoms with E-state index in [4.69, 9.17) is 0 Å². The number of benzene rings is 1. The Labute approximate surface area is 73.4 Å². The molecule has 1 nitrogen and oxygen atoms in total. The molecule has 0 bridgehead atoms. The normalized spacial score (nSPS) is 12.5. The van der Waals surface area contributed by atoms with Gasteiger partial charge in [-0.15, -0.1) is 6.58 Å². The van der Waals surface area contributed by atoms with E-state index in [0.29, 0.717) is 5.75 Å². The molecule has 0 saturated carbocycles. The maximum absolute atomic E-state index is 9.38. The van der Waals surface area contributed by atoms with Gasteiger partial charge in [-0.1, -0.05) is 18.2 Å². The molecule has 0 spiro atoms. The molecule has 1 atom stereocenters. The first kappa shape index (κ1) is 8.85. The van der Waals surface area contributed by atoms with Crippen molar-refractivity contribution in [1.29, 1.82) is 0 Å². The van der Waals surface area contributed by atoms with Crippen LogP contribution in [-0.2, 0) is 0 Å². The molecular weight excluding hydrogens is 148 g/mol. The second-order valence-corrected chi connectivity index (χ2v) is 2.83. The van der Waals surface area contributed by atoms with Crippen LogP contribution in [0.2, 0.25) is 0 Å². The van der Waals surface area contributed by atoms with Crippen molar-refractivity contribution in [1.82, 2.24) is 0 Å². The molecule has 63 valence electrons. The van der Waals surface area contributed by atoms with Crippen molar-refractivity contribution in [2.45, 2.75) is 12.8 Å². The molecule has 0 heterocycles. The molecule has 0 saturated heterocycles. The fourth-order valence-electron chi connectivity index (χ4n) is 1.17. The van der Waals surface area contributed by atoms with Crippen LogP contribution < -0.4 is 0 Å². The third-order valence-electron chi connectivity index (χ3n) is 2.03. The van der Waals surface area contributed by atoms with Crippen LogP contribution in [0.5, 0.6) is 5.75 Å². The molecule has 1 aromatic rings. The molecule has 1 aromatic carbocycles. The van der Waals surface area contributed by atoms with Crippen molar-refractivity contribution in [3.8, 4) is 5.75 Å². The molecule has 0 aromatic heterocycles. The Morgan fingerprint density at radius 3 is 2.75 bits per heavy atom. The SMILES string of the molecule is [CH2]C(C=C)c1cccc(O)c1C. The maximum Gasteiger partial charge on any atom is 0.118 e. The van der Waals surface area contributed by atoms with E-state index in [1.165, 1.54) is 0 Å². The van der Waals surface area contributed by atoms with Crippen molar-refractivity contribution in [3.63, 3.8) is 0 Å². The summed E-state index contributed by atoms with van der Waals surface area (Å²) in [5.74, 6) is 0.375. The Morgan fingerprint density at radius 2 is 2.17 bits per heavy atom. The van der Waals surface area contributed by atoms with E-state index >= 15 is 0 Å². The Hall–Kier alpha value is -1.24. The van der Waals surface area contributed by atoms with E-state index in [9.17, 15) is 5.11 Å². The highest BCUT2D eigenvalue weighted by Gasteiger charge is 2.06. The van der Waals surface area contributed by atoms with Gasteiger partial charge in [0.05, 0.1) is 0 Å². The molecule has 12 heavy (non-hydrogen) atoms. The molecule has 0 aliphatic carbocycles. The fraction of sp³-hybridized carbons (Fsp3) is 0.182. The van der Waals surface area contributed by atoms with Gasteiger partial charge in [-0.3, -0.25) is 0 Å². The van der Waals surface area contributed by atoms with E-state index in [-0.39, 0.29) is 5.92 Å². The average molecular weight is 161 g/mol. The van der Waals surface area contributed by atoms with Crippen LogP contribution in [0.1, 0.15) is 17.0 Å². The number of rotatable bonds is 2. The second kappa shape index (κ2) is 3.44. The Balaban J connectivity index is 3.15. The highest BCUT2D eigenvalue weighted by molar-refractivity contribution is 5.41. The number of phenols is 1. The Morgan fingerprint density at radius 1 is 1.50 bits per heavy atom. The lowest BCUT2D eigenvalue weighted by Crippen LogP contribution is -1.92. The molecule has 0 aliphatic heterocycles. The van der Waals surface area contributed by atoms with Crippen LogP contribution in [0, 0.1) is 13.8 Å². The third-order valence-corrected chi connectivity index (χ3v) is 2.03. The predicted molar refractivity (Wildman–Crippen MR) is 51.1 cm³/mol. The average Bonchev–Trinajstić information content (AvgIpc) is 2.08. The molecule has 1 rings (SSSR count). The van der Waals surface area contributed by atoms with E-state index < -0.39 is 0 Å². The Kier molecular flexibility index (Phi) is 2.54. The molecule has 0 amide bonds. The topological polar surface area (TPSA) is 20.2 Å². The van der Waals surface area contributed by atoms with Gasteiger partial charge in [0.25, 0.3) is 0 Å². The zero-order chi connectivity index (χ0) is 9.14. The zero-order valence-electron chi connectivity index (χ0n) is 7.25. The van der Waals surface area contributed by atoms with Crippen LogP contribution in [0.25, 0.3) is 0 Å². The molecule has 1 N–H and O–H groups in total. The first-order chi connectivity index (χ1) is 5.66. The second-order valence-electron chi connectivity index (χ2n) is 2.83. The minimum absolute atomic E-state index is 0.0529. The molecule has 1 radical (unpaired) electrons. The molecule has 1 heteroatoms. The van der Waals surface area contributed by atoms with Gasteiger partial charge >= 0.3 is 0 Å². The summed E-state index contributed by atoms with van der Waals surface area (Å²) in [7, 11) is 0. The summed E-state index contributed by atoms with van der Waals surface area (Å²) in [6, 6.07) is 5.45. The minimum Gasteiger partial charge on any atom is -0.508 e. The van der Waals surface area contributed by atoms with Gasteiger partial charge in [0.1, 0.15) is 5.75 Å². The van der Waals surface area contributed by atoms with Gasteiger partial charge in [0.2, 0.25) is 0 Å². The molecule has 0 fully saturated rings. The molecular formula is C11H13O. The summed E-state index contributed by atoms with van der Waals surface area (Å²) in [5, 5.41) is 9.38. The quantitative estimate of drug-likeness (QED) is 0.661. The number of phenolic OH excluding ortho intramolecular Hbond substituents is 1.